The Bertz CT molecular complexity index is 629. The number of carbonyl (C=O) groups excluding carboxylic acids is 1. The maximum atomic E-state index is 12.0. The Kier molecular flexibility index (Phi) is 5.16. The average molecular weight is 351 g/mol. The number of carbonyl (C=O) groups is 1. The van der Waals surface area contributed by atoms with E-state index in [4.69, 9.17) is 9.47 Å². The molecule has 0 aliphatic rings. The normalized spacial score (nSPS) is 10.0. The largest absolute Gasteiger partial charge is 0.493 e. The van der Waals surface area contributed by atoms with Crippen molar-refractivity contribution in [2.45, 2.75) is 6.42 Å². The van der Waals surface area contributed by atoms with E-state index in [2.05, 4.69) is 26.2 Å². The van der Waals surface area contributed by atoms with Crippen molar-refractivity contribution < 1.29 is 14.3 Å². The number of amides is 1. The number of halogens is 1. The van der Waals surface area contributed by atoms with Gasteiger partial charge in [-0.2, -0.15) is 0 Å². The molecule has 1 aromatic heterocycles. The Morgan fingerprint density at radius 3 is 2.57 bits per heavy atom. The third kappa shape index (κ3) is 4.19. The number of nitrogens with one attached hydrogen (secondary N) is 1. The first-order chi connectivity index (χ1) is 10.1. The summed E-state index contributed by atoms with van der Waals surface area (Å²) in [4.78, 5) is 16.1. The number of hydrogen-bond donors (Lipinski definition) is 1. The van der Waals surface area contributed by atoms with Crippen LogP contribution in [0.15, 0.2) is 41.0 Å². The number of anilines is 1. The molecule has 1 aromatic carbocycles. The minimum Gasteiger partial charge on any atom is -0.493 e. The van der Waals surface area contributed by atoms with Gasteiger partial charge in [0.2, 0.25) is 5.91 Å². The van der Waals surface area contributed by atoms with Crippen LogP contribution in [0.25, 0.3) is 0 Å². The first-order valence-electron chi connectivity index (χ1n) is 6.24. The van der Waals surface area contributed by atoms with Gasteiger partial charge in [-0.25, -0.2) is 4.98 Å². The van der Waals surface area contributed by atoms with Crippen molar-refractivity contribution >= 4 is 27.7 Å². The molecule has 1 amide bonds. The Morgan fingerprint density at radius 1 is 1.19 bits per heavy atom. The van der Waals surface area contributed by atoms with Gasteiger partial charge in [0.25, 0.3) is 0 Å². The zero-order valence-electron chi connectivity index (χ0n) is 11.7. The van der Waals surface area contributed by atoms with Crippen molar-refractivity contribution in [3.8, 4) is 11.5 Å². The fourth-order valence-corrected chi connectivity index (χ4v) is 2.05. The lowest BCUT2D eigenvalue weighted by Gasteiger charge is -2.09. The Hall–Kier alpha value is -2.08. The summed E-state index contributed by atoms with van der Waals surface area (Å²) >= 11 is 3.29. The molecular weight excluding hydrogens is 336 g/mol. The molecule has 0 fully saturated rings. The maximum absolute atomic E-state index is 12.0. The minimum atomic E-state index is -0.142. The number of aromatic nitrogens is 1. The molecule has 5 nitrogen and oxygen atoms in total. The topological polar surface area (TPSA) is 60.5 Å². The van der Waals surface area contributed by atoms with Gasteiger partial charge >= 0.3 is 0 Å². The number of hydrogen-bond acceptors (Lipinski definition) is 4. The van der Waals surface area contributed by atoms with Crippen molar-refractivity contribution in [3.63, 3.8) is 0 Å². The highest BCUT2D eigenvalue weighted by Gasteiger charge is 2.09. The zero-order chi connectivity index (χ0) is 15.2. The van der Waals surface area contributed by atoms with Gasteiger partial charge in [0.1, 0.15) is 5.82 Å². The van der Waals surface area contributed by atoms with Crippen molar-refractivity contribution in [2.75, 3.05) is 19.5 Å². The molecule has 1 N–H and O–H groups in total. The molecule has 0 spiro atoms. The van der Waals surface area contributed by atoms with Gasteiger partial charge in [-0.15, -0.1) is 0 Å². The number of benzene rings is 1. The quantitative estimate of drug-likeness (QED) is 0.900. The van der Waals surface area contributed by atoms with Crippen molar-refractivity contribution in [1.82, 2.24) is 4.98 Å². The first kappa shape index (κ1) is 15.3. The molecule has 0 atom stereocenters. The summed E-state index contributed by atoms with van der Waals surface area (Å²) < 4.78 is 11.2. The molecule has 6 heteroatoms. The lowest BCUT2D eigenvalue weighted by atomic mass is 10.1. The molecule has 0 aliphatic carbocycles. The Morgan fingerprint density at radius 2 is 1.95 bits per heavy atom. The predicted octanol–water partition coefficient (Wildman–Crippen LogP) is 3.04. The molecular formula is C15H15BrN2O3. The van der Waals surface area contributed by atoms with E-state index in [0.717, 1.165) is 10.0 Å². The minimum absolute atomic E-state index is 0.142. The number of ether oxygens (including phenoxy) is 2. The van der Waals surface area contributed by atoms with E-state index in [1.165, 1.54) is 0 Å². The second kappa shape index (κ2) is 7.08. The number of pyridine rings is 1. The van der Waals surface area contributed by atoms with Gasteiger partial charge in [-0.3, -0.25) is 4.79 Å². The van der Waals surface area contributed by atoms with Crippen molar-refractivity contribution in [3.05, 3.63) is 46.6 Å². The van der Waals surface area contributed by atoms with Crippen LogP contribution in [0.3, 0.4) is 0 Å². The molecule has 0 saturated carbocycles. The van der Waals surface area contributed by atoms with Gasteiger partial charge in [-0.05, 0) is 45.8 Å². The molecule has 21 heavy (non-hydrogen) atoms. The van der Waals surface area contributed by atoms with Crippen LogP contribution < -0.4 is 14.8 Å². The summed E-state index contributed by atoms with van der Waals surface area (Å²) in [5.74, 6) is 1.61. The maximum Gasteiger partial charge on any atom is 0.229 e. The highest BCUT2D eigenvalue weighted by atomic mass is 79.9. The van der Waals surface area contributed by atoms with E-state index in [1.807, 2.05) is 12.1 Å². The zero-order valence-corrected chi connectivity index (χ0v) is 13.3. The molecule has 0 bridgehead atoms. The Labute approximate surface area is 131 Å². The molecule has 0 saturated heterocycles. The van der Waals surface area contributed by atoms with Crippen LogP contribution in [0, 0.1) is 0 Å². The van der Waals surface area contributed by atoms with Gasteiger partial charge in [-0.1, -0.05) is 6.07 Å². The molecule has 2 aromatic rings. The van der Waals surface area contributed by atoms with Crippen LogP contribution in [0.5, 0.6) is 11.5 Å². The van der Waals surface area contributed by atoms with Crippen LogP contribution in [0.2, 0.25) is 0 Å². The molecule has 110 valence electrons. The average Bonchev–Trinajstić information content (AvgIpc) is 2.49. The highest BCUT2D eigenvalue weighted by molar-refractivity contribution is 9.10. The van der Waals surface area contributed by atoms with E-state index < -0.39 is 0 Å². The summed E-state index contributed by atoms with van der Waals surface area (Å²) in [6, 6.07) is 8.94. The first-order valence-corrected chi connectivity index (χ1v) is 7.04. The molecule has 1 heterocycles. The lowest BCUT2D eigenvalue weighted by molar-refractivity contribution is -0.115. The third-order valence-electron chi connectivity index (χ3n) is 2.81. The van der Waals surface area contributed by atoms with Crippen LogP contribution >= 0.6 is 15.9 Å². The SMILES string of the molecule is COc1ccc(CC(=O)Nc2ccc(Br)cn2)cc1OC. The van der Waals surface area contributed by atoms with Gasteiger partial charge in [0.05, 0.1) is 20.6 Å². The highest BCUT2D eigenvalue weighted by Crippen LogP contribution is 2.27. The molecule has 2 rings (SSSR count). The van der Waals surface area contributed by atoms with Crippen LogP contribution in [-0.2, 0) is 11.2 Å². The third-order valence-corrected chi connectivity index (χ3v) is 3.28. The number of nitrogens with zero attached hydrogens (tertiary/aromatic N) is 1. The van der Waals surface area contributed by atoms with E-state index in [0.29, 0.717) is 17.3 Å². The van der Waals surface area contributed by atoms with E-state index in [1.54, 1.807) is 38.6 Å². The molecule has 0 radical (unpaired) electrons. The monoisotopic (exact) mass is 350 g/mol. The summed E-state index contributed by atoms with van der Waals surface area (Å²) in [5, 5.41) is 2.74. The second-order valence-corrected chi connectivity index (χ2v) is 5.19. The van der Waals surface area contributed by atoms with Crippen LogP contribution in [0.4, 0.5) is 5.82 Å². The van der Waals surface area contributed by atoms with Crippen LogP contribution in [0.1, 0.15) is 5.56 Å². The predicted molar refractivity (Wildman–Crippen MR) is 83.8 cm³/mol. The van der Waals surface area contributed by atoms with E-state index >= 15 is 0 Å². The molecule has 0 aliphatic heterocycles. The van der Waals surface area contributed by atoms with Gasteiger partial charge < -0.3 is 14.8 Å². The fourth-order valence-electron chi connectivity index (χ4n) is 1.81. The van der Waals surface area contributed by atoms with Crippen molar-refractivity contribution in [2.24, 2.45) is 0 Å². The fraction of sp³-hybridized carbons (Fsp3) is 0.200. The van der Waals surface area contributed by atoms with Crippen LogP contribution in [-0.4, -0.2) is 25.1 Å². The molecule has 0 unspecified atom stereocenters. The van der Waals surface area contributed by atoms with Gasteiger partial charge in [0, 0.05) is 10.7 Å². The number of rotatable bonds is 5. The number of methoxy groups -OCH3 is 2. The van der Waals surface area contributed by atoms with E-state index in [-0.39, 0.29) is 12.3 Å². The standard InChI is InChI=1S/C15H15BrN2O3/c1-20-12-5-3-10(7-13(12)21-2)8-15(19)18-14-6-4-11(16)9-17-14/h3-7,9H,8H2,1-2H3,(H,17,18,19). The summed E-state index contributed by atoms with van der Waals surface area (Å²) in [5.41, 5.74) is 0.835. The lowest BCUT2D eigenvalue weighted by Crippen LogP contribution is -2.15. The summed E-state index contributed by atoms with van der Waals surface area (Å²) in [6.07, 6.45) is 1.87. The Balaban J connectivity index is 2.04. The smallest absolute Gasteiger partial charge is 0.229 e. The van der Waals surface area contributed by atoms with Crippen molar-refractivity contribution in [1.29, 1.82) is 0 Å². The summed E-state index contributed by atoms with van der Waals surface area (Å²) in [7, 11) is 3.14. The van der Waals surface area contributed by atoms with E-state index in [9.17, 15) is 4.79 Å². The second-order valence-electron chi connectivity index (χ2n) is 4.28. The van der Waals surface area contributed by atoms with Gasteiger partial charge in [0.15, 0.2) is 11.5 Å². The summed E-state index contributed by atoms with van der Waals surface area (Å²) in [6.45, 7) is 0.